The summed E-state index contributed by atoms with van der Waals surface area (Å²) in [6.07, 6.45) is 0. The molecule has 2 aromatic carbocycles. The Kier molecular flexibility index (Phi) is 3.17. The van der Waals surface area contributed by atoms with Crippen molar-refractivity contribution in [3.63, 3.8) is 0 Å². The number of hydrogen-bond donors (Lipinski definition) is 0. The molecule has 0 aromatic heterocycles. The van der Waals surface area contributed by atoms with Gasteiger partial charge in [0, 0.05) is 27.3 Å². The minimum Gasteiger partial charge on any atom is -0.289 e. The molecule has 19 heavy (non-hydrogen) atoms. The lowest BCUT2D eigenvalue weighted by molar-refractivity contribution is 0.103. The molecule has 0 radical (unpaired) electrons. The van der Waals surface area contributed by atoms with Gasteiger partial charge in [0.2, 0.25) is 0 Å². The predicted molar refractivity (Wildman–Crippen MR) is 76.1 cm³/mol. The second-order valence-corrected chi connectivity index (χ2v) is 5.62. The second kappa shape index (κ2) is 4.83. The Morgan fingerprint density at radius 2 is 1.89 bits per heavy atom. The third kappa shape index (κ3) is 2.20. The van der Waals surface area contributed by atoms with Crippen molar-refractivity contribution < 1.29 is 9.59 Å². The molecule has 1 heterocycles. The fraction of sp³-hybridized carbons (Fsp3) is 0.0667. The number of halogens is 1. The summed E-state index contributed by atoms with van der Waals surface area (Å²) < 4.78 is 0. The number of hydrogen-bond acceptors (Lipinski definition) is 3. The maximum atomic E-state index is 12.5. The SMILES string of the molecule is O=C(Cl)c1ccc2c(c1)SCc1ccccc1C2=O. The van der Waals surface area contributed by atoms with Crippen LogP contribution in [0.4, 0.5) is 0 Å². The van der Waals surface area contributed by atoms with Gasteiger partial charge in [-0.2, -0.15) is 0 Å². The van der Waals surface area contributed by atoms with Crippen molar-refractivity contribution >= 4 is 34.4 Å². The van der Waals surface area contributed by atoms with Gasteiger partial charge in [0.15, 0.2) is 5.78 Å². The van der Waals surface area contributed by atoms with Crippen LogP contribution in [0.5, 0.6) is 0 Å². The monoisotopic (exact) mass is 288 g/mol. The Bertz CT molecular complexity index is 694. The summed E-state index contributed by atoms with van der Waals surface area (Å²) >= 11 is 7.03. The van der Waals surface area contributed by atoms with Gasteiger partial charge in [0.1, 0.15) is 0 Å². The van der Waals surface area contributed by atoms with Crippen LogP contribution in [-0.2, 0) is 5.75 Å². The fourth-order valence-electron chi connectivity index (χ4n) is 2.12. The van der Waals surface area contributed by atoms with E-state index >= 15 is 0 Å². The molecule has 0 fully saturated rings. The number of carbonyl (C=O) groups is 2. The minimum absolute atomic E-state index is 0.00386. The van der Waals surface area contributed by atoms with Crippen molar-refractivity contribution in [3.05, 3.63) is 64.7 Å². The summed E-state index contributed by atoms with van der Waals surface area (Å²) in [6, 6.07) is 12.6. The Labute approximate surface area is 119 Å². The average molecular weight is 289 g/mol. The van der Waals surface area contributed by atoms with E-state index in [2.05, 4.69) is 0 Å². The highest BCUT2D eigenvalue weighted by molar-refractivity contribution is 7.98. The van der Waals surface area contributed by atoms with Crippen LogP contribution in [0.3, 0.4) is 0 Å². The van der Waals surface area contributed by atoms with Crippen molar-refractivity contribution in [2.75, 3.05) is 0 Å². The van der Waals surface area contributed by atoms with Gasteiger partial charge in [0.25, 0.3) is 5.24 Å². The molecule has 0 saturated heterocycles. The van der Waals surface area contributed by atoms with Crippen LogP contribution in [0, 0.1) is 0 Å². The maximum absolute atomic E-state index is 12.5. The lowest BCUT2D eigenvalue weighted by atomic mass is 9.98. The van der Waals surface area contributed by atoms with E-state index in [4.69, 9.17) is 11.6 Å². The predicted octanol–water partition coefficient (Wildman–Crippen LogP) is 3.90. The number of carbonyl (C=O) groups excluding carboxylic acids is 2. The molecule has 1 aliphatic heterocycles. The molecular weight excluding hydrogens is 280 g/mol. The van der Waals surface area contributed by atoms with E-state index < -0.39 is 5.24 Å². The highest BCUT2D eigenvalue weighted by Crippen LogP contribution is 2.34. The van der Waals surface area contributed by atoms with Crippen LogP contribution < -0.4 is 0 Å². The summed E-state index contributed by atoms with van der Waals surface area (Å²) in [7, 11) is 0. The normalized spacial score (nSPS) is 13.4. The van der Waals surface area contributed by atoms with Gasteiger partial charge in [-0.1, -0.05) is 24.3 Å². The lowest BCUT2D eigenvalue weighted by Gasteiger charge is -2.05. The quantitative estimate of drug-likeness (QED) is 0.746. The van der Waals surface area contributed by atoms with Gasteiger partial charge < -0.3 is 0 Å². The number of rotatable bonds is 1. The molecule has 0 bridgehead atoms. The van der Waals surface area contributed by atoms with Crippen molar-refractivity contribution in [1.82, 2.24) is 0 Å². The van der Waals surface area contributed by atoms with Crippen LogP contribution in [0.15, 0.2) is 47.4 Å². The van der Waals surface area contributed by atoms with Crippen LogP contribution in [0.25, 0.3) is 0 Å². The highest BCUT2D eigenvalue weighted by atomic mass is 35.5. The third-order valence-electron chi connectivity index (χ3n) is 3.10. The largest absolute Gasteiger partial charge is 0.289 e. The fourth-order valence-corrected chi connectivity index (χ4v) is 3.33. The Hall–Kier alpha value is -1.58. The van der Waals surface area contributed by atoms with Crippen LogP contribution in [0.2, 0.25) is 0 Å². The smallest absolute Gasteiger partial charge is 0.252 e. The zero-order valence-corrected chi connectivity index (χ0v) is 11.4. The molecule has 0 spiro atoms. The summed E-state index contributed by atoms with van der Waals surface area (Å²) in [5, 5.41) is -0.502. The standard InChI is InChI=1S/C15H9ClO2S/c16-15(18)9-5-6-12-13(7-9)19-8-10-3-1-2-4-11(10)14(12)17/h1-7H,8H2. The van der Waals surface area contributed by atoms with Crippen LogP contribution in [-0.4, -0.2) is 11.0 Å². The molecule has 94 valence electrons. The molecule has 0 aliphatic carbocycles. The first kappa shape index (κ1) is 12.5. The summed E-state index contributed by atoms with van der Waals surface area (Å²) in [5.41, 5.74) is 2.81. The summed E-state index contributed by atoms with van der Waals surface area (Å²) in [4.78, 5) is 24.5. The van der Waals surface area contributed by atoms with Gasteiger partial charge in [-0.15, -0.1) is 11.8 Å². The molecule has 3 rings (SSSR count). The number of thioether (sulfide) groups is 1. The zero-order chi connectivity index (χ0) is 13.4. The number of benzene rings is 2. The van der Waals surface area contributed by atoms with Crippen molar-refractivity contribution in [3.8, 4) is 0 Å². The second-order valence-electron chi connectivity index (χ2n) is 4.26. The molecule has 2 nitrogen and oxygen atoms in total. The van der Waals surface area contributed by atoms with Crippen LogP contribution >= 0.6 is 23.4 Å². The molecule has 4 heteroatoms. The summed E-state index contributed by atoms with van der Waals surface area (Å²) in [5.74, 6) is 0.721. The van der Waals surface area contributed by atoms with Crippen molar-refractivity contribution in [2.45, 2.75) is 10.6 Å². The van der Waals surface area contributed by atoms with Gasteiger partial charge in [-0.05, 0) is 35.4 Å². The Balaban J connectivity index is 2.15. The van der Waals surface area contributed by atoms with Crippen LogP contribution in [0.1, 0.15) is 31.8 Å². The van der Waals surface area contributed by atoms with Crippen molar-refractivity contribution in [2.24, 2.45) is 0 Å². The molecular formula is C15H9ClO2S. The molecule has 0 atom stereocenters. The first-order chi connectivity index (χ1) is 9.16. The first-order valence-electron chi connectivity index (χ1n) is 5.76. The first-order valence-corrected chi connectivity index (χ1v) is 7.12. The van der Waals surface area contributed by atoms with E-state index in [-0.39, 0.29) is 5.78 Å². The van der Waals surface area contributed by atoms with E-state index in [0.717, 1.165) is 21.8 Å². The van der Waals surface area contributed by atoms with E-state index in [1.54, 1.807) is 30.0 Å². The van der Waals surface area contributed by atoms with Gasteiger partial charge in [-0.25, -0.2) is 0 Å². The van der Waals surface area contributed by atoms with Crippen molar-refractivity contribution in [1.29, 1.82) is 0 Å². The van der Waals surface area contributed by atoms with E-state index in [1.165, 1.54) is 0 Å². The average Bonchev–Trinajstić information content (AvgIpc) is 2.57. The van der Waals surface area contributed by atoms with Gasteiger partial charge >= 0.3 is 0 Å². The lowest BCUT2D eigenvalue weighted by Crippen LogP contribution is -2.04. The highest BCUT2D eigenvalue weighted by Gasteiger charge is 2.21. The molecule has 2 aromatic rings. The summed E-state index contributed by atoms with van der Waals surface area (Å²) in [6.45, 7) is 0. The van der Waals surface area contributed by atoms with E-state index in [9.17, 15) is 9.59 Å². The molecule has 0 unspecified atom stereocenters. The molecule has 0 N–H and O–H groups in total. The minimum atomic E-state index is -0.502. The zero-order valence-electron chi connectivity index (χ0n) is 9.85. The number of fused-ring (bicyclic) bond motifs is 2. The molecule has 0 amide bonds. The van der Waals surface area contributed by atoms with Gasteiger partial charge in [0.05, 0.1) is 0 Å². The Morgan fingerprint density at radius 3 is 2.68 bits per heavy atom. The topological polar surface area (TPSA) is 34.1 Å². The van der Waals surface area contributed by atoms with E-state index in [0.29, 0.717) is 11.1 Å². The molecule has 1 aliphatic rings. The van der Waals surface area contributed by atoms with E-state index in [1.807, 2.05) is 24.3 Å². The molecule has 0 saturated carbocycles. The van der Waals surface area contributed by atoms with Gasteiger partial charge in [-0.3, -0.25) is 9.59 Å². The Morgan fingerprint density at radius 1 is 1.11 bits per heavy atom. The number of ketones is 1. The third-order valence-corrected chi connectivity index (χ3v) is 4.42. The maximum Gasteiger partial charge on any atom is 0.252 e.